The number of rotatable bonds is 3. The van der Waals surface area contributed by atoms with E-state index in [1.165, 1.54) is 24.3 Å². The molecular weight excluding hydrogens is 316 g/mol. The summed E-state index contributed by atoms with van der Waals surface area (Å²) in [5, 5.41) is 0.681. The van der Waals surface area contributed by atoms with E-state index in [2.05, 4.69) is 0 Å². The van der Waals surface area contributed by atoms with Crippen LogP contribution in [0.1, 0.15) is 11.1 Å². The van der Waals surface area contributed by atoms with Crippen molar-refractivity contribution in [2.24, 2.45) is 0 Å². The Balaban J connectivity index is 2.01. The van der Waals surface area contributed by atoms with Crippen LogP contribution in [0.5, 0.6) is 5.75 Å². The van der Waals surface area contributed by atoms with Gasteiger partial charge in [0, 0.05) is 17.5 Å². The van der Waals surface area contributed by atoms with Gasteiger partial charge in [-0.2, -0.15) is 8.42 Å². The van der Waals surface area contributed by atoms with Gasteiger partial charge in [-0.3, -0.25) is 0 Å². The topological polar surface area (TPSA) is 73.6 Å². The van der Waals surface area contributed by atoms with E-state index >= 15 is 0 Å². The van der Waals surface area contributed by atoms with Gasteiger partial charge in [-0.05, 0) is 43.7 Å². The molecule has 3 rings (SSSR count). The molecule has 3 aromatic rings. The van der Waals surface area contributed by atoms with Crippen molar-refractivity contribution in [2.45, 2.75) is 18.7 Å². The standard InChI is InChI=1S/C17H14O5S/c1-11-3-7-16(12(2)9-11)23(19,20)22-14-6-4-13-5-8-17(18)21-15(13)10-14/h3-10H,1-2H3. The number of hydrogen-bond acceptors (Lipinski definition) is 5. The maximum absolute atomic E-state index is 12.4. The molecule has 0 saturated heterocycles. The number of hydrogen-bond donors (Lipinski definition) is 0. The van der Waals surface area contributed by atoms with Gasteiger partial charge in [-0.25, -0.2) is 4.79 Å². The number of aryl methyl sites for hydroxylation is 2. The van der Waals surface area contributed by atoms with Gasteiger partial charge in [0.05, 0.1) is 0 Å². The summed E-state index contributed by atoms with van der Waals surface area (Å²) < 4.78 is 35.0. The van der Waals surface area contributed by atoms with Gasteiger partial charge in [0.25, 0.3) is 0 Å². The Morgan fingerprint density at radius 1 is 0.957 bits per heavy atom. The summed E-state index contributed by atoms with van der Waals surface area (Å²) >= 11 is 0. The third-order valence-electron chi connectivity index (χ3n) is 3.40. The zero-order valence-electron chi connectivity index (χ0n) is 12.6. The maximum Gasteiger partial charge on any atom is 0.339 e. The first kappa shape index (κ1) is 15.3. The van der Waals surface area contributed by atoms with Crippen molar-refractivity contribution in [1.82, 2.24) is 0 Å². The van der Waals surface area contributed by atoms with E-state index < -0.39 is 15.7 Å². The van der Waals surface area contributed by atoms with Crippen LogP contribution >= 0.6 is 0 Å². The predicted molar refractivity (Wildman–Crippen MR) is 86.2 cm³/mol. The molecule has 0 atom stereocenters. The lowest BCUT2D eigenvalue weighted by atomic mass is 10.2. The lowest BCUT2D eigenvalue weighted by molar-refractivity contribution is 0.484. The lowest BCUT2D eigenvalue weighted by Crippen LogP contribution is -2.11. The van der Waals surface area contributed by atoms with Gasteiger partial charge >= 0.3 is 15.7 Å². The van der Waals surface area contributed by atoms with Crippen molar-refractivity contribution in [3.05, 3.63) is 70.1 Å². The second kappa shape index (κ2) is 5.55. The number of fused-ring (bicyclic) bond motifs is 1. The second-order valence-electron chi connectivity index (χ2n) is 5.26. The molecule has 0 aliphatic carbocycles. The van der Waals surface area contributed by atoms with Crippen LogP contribution in [-0.2, 0) is 10.1 Å². The highest BCUT2D eigenvalue weighted by molar-refractivity contribution is 7.87. The molecule has 0 bridgehead atoms. The average Bonchev–Trinajstić information content (AvgIpc) is 2.45. The zero-order valence-corrected chi connectivity index (χ0v) is 13.4. The molecule has 23 heavy (non-hydrogen) atoms. The molecule has 118 valence electrons. The van der Waals surface area contributed by atoms with Gasteiger partial charge in [0.2, 0.25) is 0 Å². The van der Waals surface area contributed by atoms with Crippen LogP contribution in [0.3, 0.4) is 0 Å². The Hall–Kier alpha value is -2.60. The SMILES string of the molecule is Cc1ccc(S(=O)(=O)Oc2ccc3ccc(=O)oc3c2)c(C)c1. The second-order valence-corrected chi connectivity index (χ2v) is 6.78. The average molecular weight is 330 g/mol. The van der Waals surface area contributed by atoms with E-state index in [1.54, 1.807) is 31.2 Å². The maximum atomic E-state index is 12.4. The van der Waals surface area contributed by atoms with E-state index in [0.717, 1.165) is 5.56 Å². The van der Waals surface area contributed by atoms with Crippen LogP contribution in [0.2, 0.25) is 0 Å². The molecule has 0 N–H and O–H groups in total. The largest absolute Gasteiger partial charge is 0.423 e. The fraction of sp³-hybridized carbons (Fsp3) is 0.118. The Labute approximate surface area is 133 Å². The lowest BCUT2D eigenvalue weighted by Gasteiger charge is -2.10. The zero-order chi connectivity index (χ0) is 16.6. The highest BCUT2D eigenvalue weighted by Crippen LogP contribution is 2.25. The molecule has 0 spiro atoms. The van der Waals surface area contributed by atoms with E-state index in [4.69, 9.17) is 8.60 Å². The molecule has 0 aliphatic rings. The summed E-state index contributed by atoms with van der Waals surface area (Å²) in [4.78, 5) is 11.4. The van der Waals surface area contributed by atoms with Crippen molar-refractivity contribution in [2.75, 3.05) is 0 Å². The Bertz CT molecular complexity index is 1050. The molecule has 0 amide bonds. The molecule has 1 aromatic heterocycles. The summed E-state index contributed by atoms with van der Waals surface area (Å²) in [6, 6.07) is 12.4. The third kappa shape index (κ3) is 3.12. The first-order valence-corrected chi connectivity index (χ1v) is 8.32. The molecule has 1 heterocycles. The molecule has 0 aliphatic heterocycles. The molecular formula is C17H14O5S. The van der Waals surface area contributed by atoms with Crippen LogP contribution in [0.25, 0.3) is 11.0 Å². The normalized spacial score (nSPS) is 11.6. The quantitative estimate of drug-likeness (QED) is 0.545. The third-order valence-corrected chi connectivity index (χ3v) is 4.81. The van der Waals surface area contributed by atoms with Crippen LogP contribution in [-0.4, -0.2) is 8.42 Å². The van der Waals surface area contributed by atoms with Crippen molar-refractivity contribution in [3.8, 4) is 5.75 Å². The fourth-order valence-corrected chi connectivity index (χ4v) is 3.48. The van der Waals surface area contributed by atoms with Crippen molar-refractivity contribution in [3.63, 3.8) is 0 Å². The van der Waals surface area contributed by atoms with Gasteiger partial charge in [-0.1, -0.05) is 17.7 Å². The molecule has 2 aromatic carbocycles. The first-order chi connectivity index (χ1) is 10.8. The van der Waals surface area contributed by atoms with Gasteiger partial charge in [-0.15, -0.1) is 0 Å². The molecule has 0 radical (unpaired) electrons. The van der Waals surface area contributed by atoms with Crippen molar-refractivity contribution >= 4 is 21.1 Å². The minimum Gasteiger partial charge on any atom is -0.423 e. The van der Waals surface area contributed by atoms with Crippen molar-refractivity contribution < 1.29 is 17.0 Å². The predicted octanol–water partition coefficient (Wildman–Crippen LogP) is 3.18. The highest BCUT2D eigenvalue weighted by atomic mass is 32.2. The van der Waals surface area contributed by atoms with E-state index in [1.807, 2.05) is 6.92 Å². The summed E-state index contributed by atoms with van der Waals surface area (Å²) in [6.45, 7) is 3.60. The summed E-state index contributed by atoms with van der Waals surface area (Å²) in [7, 11) is -3.96. The minimum absolute atomic E-state index is 0.0897. The summed E-state index contributed by atoms with van der Waals surface area (Å²) in [5.74, 6) is 0.0897. The van der Waals surface area contributed by atoms with Gasteiger partial charge in [0.15, 0.2) is 0 Å². The van der Waals surface area contributed by atoms with Crippen molar-refractivity contribution in [1.29, 1.82) is 0 Å². The van der Waals surface area contributed by atoms with Crippen LogP contribution < -0.4 is 9.81 Å². The molecule has 0 fully saturated rings. The first-order valence-electron chi connectivity index (χ1n) is 6.91. The van der Waals surface area contributed by atoms with Gasteiger partial charge in [0.1, 0.15) is 16.2 Å². The highest BCUT2D eigenvalue weighted by Gasteiger charge is 2.19. The van der Waals surface area contributed by atoms with Crippen LogP contribution in [0.4, 0.5) is 0 Å². The smallest absolute Gasteiger partial charge is 0.339 e. The molecule has 6 heteroatoms. The van der Waals surface area contributed by atoms with E-state index in [9.17, 15) is 13.2 Å². The Morgan fingerprint density at radius 2 is 1.70 bits per heavy atom. The fourth-order valence-electron chi connectivity index (χ4n) is 2.34. The van der Waals surface area contributed by atoms with Crippen LogP contribution in [0.15, 0.2) is 62.6 Å². The minimum atomic E-state index is -3.96. The van der Waals surface area contributed by atoms with E-state index in [0.29, 0.717) is 10.9 Å². The summed E-state index contributed by atoms with van der Waals surface area (Å²) in [6.07, 6.45) is 0. The molecule has 0 unspecified atom stereocenters. The Kier molecular flexibility index (Phi) is 3.69. The van der Waals surface area contributed by atoms with E-state index in [-0.39, 0.29) is 16.2 Å². The summed E-state index contributed by atoms with van der Waals surface area (Å²) in [5.41, 5.74) is 1.34. The molecule has 5 nitrogen and oxygen atoms in total. The van der Waals surface area contributed by atoms with Crippen LogP contribution in [0, 0.1) is 13.8 Å². The Morgan fingerprint density at radius 3 is 2.43 bits per heavy atom. The molecule has 0 saturated carbocycles. The number of benzene rings is 2. The monoisotopic (exact) mass is 330 g/mol. The van der Waals surface area contributed by atoms with Gasteiger partial charge < -0.3 is 8.60 Å².